The molecule has 2 nitrogen and oxygen atoms in total. The van der Waals surface area contributed by atoms with E-state index in [0.29, 0.717) is 23.8 Å². The Labute approximate surface area is 119 Å². The first-order valence-electron chi connectivity index (χ1n) is 6.79. The smallest absolute Gasteiger partial charge is 0.134 e. The van der Waals surface area contributed by atoms with E-state index in [1.165, 1.54) is 18.7 Å². The highest BCUT2D eigenvalue weighted by Crippen LogP contribution is 2.28. The highest BCUT2D eigenvalue weighted by atomic mass is 19.1. The molecule has 1 unspecified atom stereocenters. The van der Waals surface area contributed by atoms with E-state index in [-0.39, 0.29) is 5.82 Å². The van der Waals surface area contributed by atoms with E-state index in [0.717, 1.165) is 12.0 Å². The van der Waals surface area contributed by atoms with Crippen LogP contribution in [0.3, 0.4) is 0 Å². The molecule has 0 saturated heterocycles. The monoisotopic (exact) mass is 273 g/mol. The first-order valence-corrected chi connectivity index (χ1v) is 6.79. The second-order valence-corrected chi connectivity index (χ2v) is 4.95. The lowest BCUT2D eigenvalue weighted by Gasteiger charge is -2.12. The molecule has 2 N–H and O–H groups in total. The molecule has 106 valence electrons. The fourth-order valence-corrected chi connectivity index (χ4v) is 2.26. The third-order valence-corrected chi connectivity index (χ3v) is 3.57. The van der Waals surface area contributed by atoms with Crippen LogP contribution in [0.15, 0.2) is 42.5 Å². The second-order valence-electron chi connectivity index (χ2n) is 4.95. The summed E-state index contributed by atoms with van der Waals surface area (Å²) in [5.41, 5.74) is 8.26. The maximum absolute atomic E-state index is 14.0. The van der Waals surface area contributed by atoms with Crippen molar-refractivity contribution in [3.05, 3.63) is 53.8 Å². The van der Waals surface area contributed by atoms with Crippen LogP contribution in [-0.2, 0) is 0 Å². The Hall–Kier alpha value is -1.87. The second kappa shape index (κ2) is 6.53. The fraction of sp³-hybridized carbons (Fsp3) is 0.294. The maximum atomic E-state index is 14.0. The molecule has 0 aliphatic rings. The van der Waals surface area contributed by atoms with Crippen LogP contribution in [0.25, 0.3) is 11.1 Å². The molecule has 20 heavy (non-hydrogen) atoms. The number of hydrogen-bond donors (Lipinski definition) is 1. The molecule has 3 heteroatoms. The van der Waals surface area contributed by atoms with E-state index >= 15 is 0 Å². The quantitative estimate of drug-likeness (QED) is 0.895. The summed E-state index contributed by atoms with van der Waals surface area (Å²) in [6, 6.07) is 12.9. The SMILES string of the molecule is COc1ccc(-c2ccc(C(C)CCN)cc2)c(F)c1. The number of rotatable bonds is 5. The van der Waals surface area contributed by atoms with Gasteiger partial charge in [-0.15, -0.1) is 0 Å². The molecule has 0 aliphatic heterocycles. The van der Waals surface area contributed by atoms with Gasteiger partial charge in [0.15, 0.2) is 0 Å². The minimum absolute atomic E-state index is 0.271. The highest BCUT2D eigenvalue weighted by Gasteiger charge is 2.08. The molecule has 2 aromatic rings. The van der Waals surface area contributed by atoms with Gasteiger partial charge in [0.1, 0.15) is 11.6 Å². The van der Waals surface area contributed by atoms with E-state index in [4.69, 9.17) is 10.5 Å². The van der Waals surface area contributed by atoms with Gasteiger partial charge in [0, 0.05) is 11.6 Å². The van der Waals surface area contributed by atoms with Crippen LogP contribution < -0.4 is 10.5 Å². The molecular formula is C17H20FNO. The van der Waals surface area contributed by atoms with Crippen molar-refractivity contribution in [1.29, 1.82) is 0 Å². The zero-order valence-electron chi connectivity index (χ0n) is 11.9. The van der Waals surface area contributed by atoms with Gasteiger partial charge in [0.05, 0.1) is 7.11 Å². The largest absolute Gasteiger partial charge is 0.497 e. The number of methoxy groups -OCH3 is 1. The zero-order valence-corrected chi connectivity index (χ0v) is 11.9. The number of hydrogen-bond acceptors (Lipinski definition) is 2. The van der Waals surface area contributed by atoms with Gasteiger partial charge < -0.3 is 10.5 Å². The van der Waals surface area contributed by atoms with Crippen molar-refractivity contribution in [2.45, 2.75) is 19.3 Å². The summed E-state index contributed by atoms with van der Waals surface area (Å²) in [7, 11) is 1.53. The molecule has 0 spiro atoms. The van der Waals surface area contributed by atoms with E-state index in [1.807, 2.05) is 24.3 Å². The van der Waals surface area contributed by atoms with Crippen LogP contribution in [0.5, 0.6) is 5.75 Å². The summed E-state index contributed by atoms with van der Waals surface area (Å²) in [6.07, 6.45) is 0.955. The normalized spacial score (nSPS) is 12.2. The number of nitrogens with two attached hydrogens (primary N) is 1. The Kier molecular flexibility index (Phi) is 4.74. The minimum atomic E-state index is -0.271. The highest BCUT2D eigenvalue weighted by molar-refractivity contribution is 5.65. The van der Waals surface area contributed by atoms with Crippen LogP contribution in [-0.4, -0.2) is 13.7 Å². The third-order valence-electron chi connectivity index (χ3n) is 3.57. The summed E-state index contributed by atoms with van der Waals surface area (Å²) >= 11 is 0. The Morgan fingerprint density at radius 2 is 1.85 bits per heavy atom. The zero-order chi connectivity index (χ0) is 14.5. The Morgan fingerprint density at radius 1 is 1.15 bits per heavy atom. The Balaban J connectivity index is 2.26. The van der Waals surface area contributed by atoms with Crippen molar-refractivity contribution in [3.8, 4) is 16.9 Å². The molecule has 0 fully saturated rings. The van der Waals surface area contributed by atoms with Gasteiger partial charge in [-0.2, -0.15) is 0 Å². The van der Waals surface area contributed by atoms with Gasteiger partial charge in [0.2, 0.25) is 0 Å². The minimum Gasteiger partial charge on any atom is -0.497 e. The van der Waals surface area contributed by atoms with Crippen LogP contribution in [0.4, 0.5) is 4.39 Å². The van der Waals surface area contributed by atoms with Gasteiger partial charge >= 0.3 is 0 Å². The number of halogens is 1. The van der Waals surface area contributed by atoms with Crippen LogP contribution >= 0.6 is 0 Å². The number of ether oxygens (including phenoxy) is 1. The summed E-state index contributed by atoms with van der Waals surface area (Å²) in [5.74, 6) is 0.682. The summed E-state index contributed by atoms with van der Waals surface area (Å²) in [4.78, 5) is 0. The van der Waals surface area contributed by atoms with Crippen molar-refractivity contribution >= 4 is 0 Å². The molecule has 0 aliphatic carbocycles. The molecule has 0 bridgehead atoms. The first-order chi connectivity index (χ1) is 9.65. The van der Waals surface area contributed by atoms with Gasteiger partial charge in [-0.1, -0.05) is 31.2 Å². The van der Waals surface area contributed by atoms with Crippen molar-refractivity contribution in [3.63, 3.8) is 0 Å². The molecule has 0 radical (unpaired) electrons. The van der Waals surface area contributed by atoms with Crippen molar-refractivity contribution in [2.75, 3.05) is 13.7 Å². The lowest BCUT2D eigenvalue weighted by Crippen LogP contribution is -2.04. The molecule has 0 aromatic heterocycles. The van der Waals surface area contributed by atoms with Gasteiger partial charge in [-0.05, 0) is 42.1 Å². The molecule has 1 atom stereocenters. The predicted molar refractivity (Wildman–Crippen MR) is 80.5 cm³/mol. The fourth-order valence-electron chi connectivity index (χ4n) is 2.26. The van der Waals surface area contributed by atoms with Gasteiger partial charge in [-0.25, -0.2) is 4.39 Å². The van der Waals surface area contributed by atoms with Gasteiger partial charge in [0.25, 0.3) is 0 Å². The molecule has 2 rings (SSSR count). The van der Waals surface area contributed by atoms with E-state index in [1.54, 1.807) is 12.1 Å². The molecule has 2 aromatic carbocycles. The van der Waals surface area contributed by atoms with Crippen LogP contribution in [0.1, 0.15) is 24.8 Å². The summed E-state index contributed by atoms with van der Waals surface area (Å²) < 4.78 is 19.0. The standard InChI is InChI=1S/C17H20FNO/c1-12(9-10-19)13-3-5-14(6-4-13)16-8-7-15(20-2)11-17(16)18/h3-8,11-12H,9-10,19H2,1-2H3. The summed E-state index contributed by atoms with van der Waals surface area (Å²) in [6.45, 7) is 2.83. The maximum Gasteiger partial charge on any atom is 0.134 e. The lowest BCUT2D eigenvalue weighted by molar-refractivity contribution is 0.411. The molecular weight excluding hydrogens is 253 g/mol. The molecule has 0 saturated carbocycles. The van der Waals surface area contributed by atoms with E-state index < -0.39 is 0 Å². The Bertz CT molecular complexity index is 566. The van der Waals surface area contributed by atoms with Gasteiger partial charge in [-0.3, -0.25) is 0 Å². The molecule has 0 heterocycles. The Morgan fingerprint density at radius 3 is 2.40 bits per heavy atom. The average Bonchev–Trinajstić information content (AvgIpc) is 2.47. The van der Waals surface area contributed by atoms with E-state index in [2.05, 4.69) is 6.92 Å². The predicted octanol–water partition coefficient (Wildman–Crippen LogP) is 3.95. The van der Waals surface area contributed by atoms with Crippen molar-refractivity contribution < 1.29 is 9.13 Å². The third kappa shape index (κ3) is 3.17. The lowest BCUT2D eigenvalue weighted by atomic mass is 9.95. The molecule has 0 amide bonds. The van der Waals surface area contributed by atoms with Crippen LogP contribution in [0.2, 0.25) is 0 Å². The van der Waals surface area contributed by atoms with Crippen LogP contribution in [0, 0.1) is 5.82 Å². The van der Waals surface area contributed by atoms with Crippen molar-refractivity contribution in [1.82, 2.24) is 0 Å². The first kappa shape index (κ1) is 14.5. The van der Waals surface area contributed by atoms with Crippen molar-refractivity contribution in [2.24, 2.45) is 5.73 Å². The average molecular weight is 273 g/mol. The van der Waals surface area contributed by atoms with E-state index in [9.17, 15) is 4.39 Å². The topological polar surface area (TPSA) is 35.2 Å². The number of benzene rings is 2. The summed E-state index contributed by atoms with van der Waals surface area (Å²) in [5, 5.41) is 0.